The minimum atomic E-state index is 0.477. The van der Waals surface area contributed by atoms with Crippen molar-refractivity contribution < 1.29 is 62.2 Å². The summed E-state index contributed by atoms with van der Waals surface area (Å²) in [6.45, 7) is 2.99. The Morgan fingerprint density at radius 1 is 0.531 bits per heavy atom. The van der Waals surface area contributed by atoms with E-state index >= 15 is 0 Å². The van der Waals surface area contributed by atoms with Gasteiger partial charge in [0.25, 0.3) is 17.6 Å². The zero-order chi connectivity index (χ0) is 56.5. The average molecular weight is 1100 g/mol. The Labute approximate surface area is 467 Å². The van der Waals surface area contributed by atoms with Gasteiger partial charge in [-0.2, -0.15) is 4.57 Å². The second-order valence-corrected chi connectivity index (χ2v) is 17.5. The highest BCUT2D eigenvalue weighted by molar-refractivity contribution is 5.88. The second kappa shape index (κ2) is 26.9. The van der Waals surface area contributed by atoms with Gasteiger partial charge in [-0.1, -0.05) is 46.4 Å². The topological polar surface area (TPSA) is 226 Å². The lowest BCUT2D eigenvalue weighted by Crippen LogP contribution is -2.40. The van der Waals surface area contributed by atoms with Crippen LogP contribution in [-0.4, -0.2) is 118 Å². The molecule has 0 saturated carbocycles. The van der Waals surface area contributed by atoms with Crippen molar-refractivity contribution in [1.82, 2.24) is 34.9 Å². The van der Waals surface area contributed by atoms with Crippen LogP contribution in [0.15, 0.2) is 159 Å². The van der Waals surface area contributed by atoms with E-state index < -0.39 is 0 Å². The van der Waals surface area contributed by atoms with Crippen molar-refractivity contribution in [2.45, 2.75) is 0 Å². The van der Waals surface area contributed by atoms with Gasteiger partial charge < -0.3 is 42.6 Å². The zero-order valence-electron chi connectivity index (χ0n) is 46.1. The molecule has 0 aliphatic carbocycles. The molecule has 0 radical (unpaired) electrons. The summed E-state index contributed by atoms with van der Waals surface area (Å²) in [6.07, 6.45) is 8.99. The van der Waals surface area contributed by atoms with Crippen LogP contribution in [0.1, 0.15) is 0 Å². The third kappa shape index (κ3) is 13.2. The number of H-pyrrole nitrogens is 4. The maximum atomic E-state index is 5.48. The fourth-order valence-corrected chi connectivity index (χ4v) is 8.58. The summed E-state index contributed by atoms with van der Waals surface area (Å²) < 4.78 is 50.0. The van der Waals surface area contributed by atoms with Crippen molar-refractivity contribution >= 4 is 38.7 Å². The van der Waals surface area contributed by atoms with Crippen LogP contribution in [0.2, 0.25) is 0 Å². The third-order valence-corrected chi connectivity index (χ3v) is 12.6. The SMILES string of the molecule is COc1[nH+]c(-c2ccccc2)nc2ccccc12.COc1cc(-c2ccccn2)nc(-c2cccc[nH+]2)c1.COc1cc2nc(-[n+]3cc[nH]c3)nc(OC)c2cc1OC.COc1cc2nc(N3CCOCC3)[nH+]c(OC)c2cc1OC. The predicted octanol–water partition coefficient (Wildman–Crippen LogP) is 7.53. The van der Waals surface area contributed by atoms with Crippen LogP contribution in [0, 0.1) is 0 Å². The van der Waals surface area contributed by atoms with E-state index in [-0.39, 0.29) is 0 Å². The van der Waals surface area contributed by atoms with E-state index in [0.717, 1.165) is 92.0 Å². The zero-order valence-corrected chi connectivity index (χ0v) is 46.1. The first kappa shape index (κ1) is 55.5. The van der Waals surface area contributed by atoms with E-state index in [0.29, 0.717) is 59.4 Å². The number of aromatic amines is 4. The number of methoxy groups -OCH3 is 8. The number of pyridine rings is 3. The maximum Gasteiger partial charge on any atom is 0.395 e. The molecule has 0 spiro atoms. The Morgan fingerprint density at radius 2 is 1.19 bits per heavy atom. The number of imidazole rings is 1. The van der Waals surface area contributed by atoms with Crippen molar-refractivity contribution in [3.05, 3.63) is 159 Å². The van der Waals surface area contributed by atoms with Gasteiger partial charge in [0.15, 0.2) is 46.6 Å². The number of anilines is 1. The van der Waals surface area contributed by atoms with E-state index in [1.54, 1.807) is 92.3 Å². The maximum absolute atomic E-state index is 5.48. The number of ether oxygens (including phenoxy) is 9. The van der Waals surface area contributed by atoms with Crippen LogP contribution < -0.4 is 62.3 Å². The molecule has 1 fully saturated rings. The van der Waals surface area contributed by atoms with Gasteiger partial charge in [0.1, 0.15) is 22.3 Å². The smallest absolute Gasteiger partial charge is 0.395 e. The number of para-hydroxylation sites is 1. The van der Waals surface area contributed by atoms with Gasteiger partial charge in [-0.15, -0.1) is 4.98 Å². The van der Waals surface area contributed by atoms with Crippen molar-refractivity contribution in [2.24, 2.45) is 0 Å². The first-order valence-corrected chi connectivity index (χ1v) is 25.5. The van der Waals surface area contributed by atoms with Crippen molar-refractivity contribution in [3.63, 3.8) is 0 Å². The van der Waals surface area contributed by atoms with Gasteiger partial charge in [-0.3, -0.25) is 14.9 Å². The Balaban J connectivity index is 0.000000131. The molecule has 0 amide bonds. The number of fused-ring (bicyclic) bond motifs is 3. The minimum absolute atomic E-state index is 0.477. The Morgan fingerprint density at radius 3 is 1.83 bits per heavy atom. The molecular formula is C60H62N12O9+4. The van der Waals surface area contributed by atoms with Crippen LogP contribution in [-0.2, 0) is 4.74 Å². The number of hydrogen-bond donors (Lipinski definition) is 1. The summed E-state index contributed by atoms with van der Waals surface area (Å²) in [4.78, 5) is 41.9. The monoisotopic (exact) mass is 1090 g/mol. The minimum Gasteiger partial charge on any atom is -0.497 e. The van der Waals surface area contributed by atoms with Gasteiger partial charge in [0.05, 0.1) is 123 Å². The van der Waals surface area contributed by atoms with Gasteiger partial charge in [-0.25, -0.2) is 19.9 Å². The predicted molar refractivity (Wildman–Crippen MR) is 302 cm³/mol. The lowest BCUT2D eigenvalue weighted by Gasteiger charge is -2.21. The number of morpholine rings is 1. The molecular weight excluding hydrogens is 1030 g/mol. The molecule has 81 heavy (non-hydrogen) atoms. The van der Waals surface area contributed by atoms with Crippen LogP contribution >= 0.6 is 0 Å². The van der Waals surface area contributed by atoms with E-state index in [2.05, 4.69) is 49.8 Å². The third-order valence-electron chi connectivity index (χ3n) is 12.6. The highest BCUT2D eigenvalue weighted by Gasteiger charge is 2.26. The lowest BCUT2D eigenvalue weighted by molar-refractivity contribution is -0.602. The molecule has 0 atom stereocenters. The van der Waals surface area contributed by atoms with Gasteiger partial charge >= 0.3 is 17.7 Å². The second-order valence-electron chi connectivity index (χ2n) is 17.5. The summed E-state index contributed by atoms with van der Waals surface area (Å²) in [7, 11) is 12.9. The van der Waals surface area contributed by atoms with Crippen molar-refractivity contribution in [3.8, 4) is 86.5 Å². The number of hydrogen-bond acceptors (Lipinski definition) is 16. The summed E-state index contributed by atoms with van der Waals surface area (Å²) in [6, 6.07) is 40.7. The summed E-state index contributed by atoms with van der Waals surface area (Å²) in [5, 5.41) is 2.59. The molecule has 0 bridgehead atoms. The molecule has 8 heterocycles. The Kier molecular flexibility index (Phi) is 18.4. The molecule has 4 aromatic carbocycles. The summed E-state index contributed by atoms with van der Waals surface area (Å²) >= 11 is 0. The highest BCUT2D eigenvalue weighted by atomic mass is 16.5. The fourth-order valence-electron chi connectivity index (χ4n) is 8.58. The number of benzene rings is 4. The molecule has 12 rings (SSSR count). The molecule has 412 valence electrons. The molecule has 21 nitrogen and oxygen atoms in total. The molecule has 1 aliphatic heterocycles. The van der Waals surface area contributed by atoms with Gasteiger partial charge in [0.2, 0.25) is 5.69 Å². The molecule has 1 aliphatic rings. The van der Waals surface area contributed by atoms with Crippen molar-refractivity contribution in [2.75, 3.05) is 88.1 Å². The number of aromatic nitrogens is 11. The number of nitrogens with one attached hydrogen (secondary N) is 4. The largest absolute Gasteiger partial charge is 0.497 e. The molecule has 7 aromatic heterocycles. The summed E-state index contributed by atoms with van der Waals surface area (Å²) in [5.41, 5.74) is 6.83. The van der Waals surface area contributed by atoms with Crippen LogP contribution in [0.5, 0.6) is 46.4 Å². The molecule has 0 unspecified atom stereocenters. The number of nitrogens with zero attached hydrogens (tertiary/aromatic N) is 8. The first-order chi connectivity index (χ1) is 39.8. The molecule has 11 aromatic rings. The number of rotatable bonds is 13. The first-order valence-electron chi connectivity index (χ1n) is 25.5. The fraction of sp³-hybridized carbons (Fsp3) is 0.200. The van der Waals surface area contributed by atoms with E-state index in [1.807, 2.05) is 128 Å². The van der Waals surface area contributed by atoms with E-state index in [9.17, 15) is 0 Å². The van der Waals surface area contributed by atoms with Crippen LogP contribution in [0.25, 0.3) is 72.8 Å². The molecule has 4 N–H and O–H groups in total. The van der Waals surface area contributed by atoms with E-state index in [1.165, 1.54) is 0 Å². The normalized spacial score (nSPS) is 11.7. The summed E-state index contributed by atoms with van der Waals surface area (Å²) in [5.74, 6) is 7.19. The lowest BCUT2D eigenvalue weighted by atomic mass is 10.2. The Hall–Kier alpha value is -10.3. The van der Waals surface area contributed by atoms with Crippen LogP contribution in [0.3, 0.4) is 0 Å². The van der Waals surface area contributed by atoms with Gasteiger partial charge in [0, 0.05) is 54.7 Å². The molecule has 21 heteroatoms. The van der Waals surface area contributed by atoms with Crippen LogP contribution in [0.4, 0.5) is 5.95 Å². The quantitative estimate of drug-likeness (QED) is 0.110. The van der Waals surface area contributed by atoms with Crippen molar-refractivity contribution in [1.29, 1.82) is 0 Å². The standard InChI is InChI=1S/C16H13N3O.C15H19N3O4.C15H12N2O.C14H14N4O3/c1-20-12-10-15(13-6-2-4-8-17-13)19-16(11-12)14-7-3-5-9-18-14;1-19-12-8-10-11(9-13(12)20-2)16-15(17-14(10)21-3)18-4-6-22-7-5-18;1-18-15-12-9-5-6-10-13(12)16-14(17-15)11-7-3-2-4-8-11;1-19-11-6-9-10(7-12(11)20-2)16-14(17-13(9)21-3)18-5-4-15-8-18/h2-11H,1H3;8-9H,4-7H2,1-3H3;2-10H,1H3;4-8H,1-3H3/p+4. The highest BCUT2D eigenvalue weighted by Crippen LogP contribution is 2.36. The Bertz CT molecular complexity index is 3770. The molecule has 1 saturated heterocycles. The average Bonchev–Trinajstić information content (AvgIpc) is 4.23. The van der Waals surface area contributed by atoms with E-state index in [4.69, 9.17) is 47.6 Å². The van der Waals surface area contributed by atoms with Gasteiger partial charge in [-0.05, 0) is 47.4 Å².